The molecule has 6 nitrogen and oxygen atoms in total. The highest BCUT2D eigenvalue weighted by molar-refractivity contribution is 7.96. The van der Waals surface area contributed by atoms with E-state index in [0.717, 1.165) is 0 Å². The molecule has 0 saturated heterocycles. The number of hydrogen-bond donors (Lipinski definition) is 4. The van der Waals surface area contributed by atoms with Crippen LogP contribution >= 0.6 is 12.6 Å². The Hall–Kier alpha value is -1.24. The Labute approximate surface area is 75.9 Å². The first kappa shape index (κ1) is 17.0. The predicted octanol–water partition coefficient (Wildman–Crippen LogP) is -1.02. The van der Waals surface area contributed by atoms with E-state index in [1.165, 1.54) is 13.8 Å². The van der Waals surface area contributed by atoms with Gasteiger partial charge < -0.3 is 17.2 Å². The molecule has 72 valence electrons. The molecule has 0 bridgehead atoms. The second kappa shape index (κ2) is 12.4. The van der Waals surface area contributed by atoms with Crippen LogP contribution in [0.25, 0.3) is 0 Å². The number of thiol groups is 1. The van der Waals surface area contributed by atoms with Crippen molar-refractivity contribution in [3.63, 3.8) is 0 Å². The van der Waals surface area contributed by atoms with Crippen molar-refractivity contribution in [1.29, 1.82) is 0 Å². The molecule has 6 N–H and O–H groups in total. The summed E-state index contributed by atoms with van der Waals surface area (Å²) in [5.74, 6) is -0.667. The van der Waals surface area contributed by atoms with Gasteiger partial charge in [-0.1, -0.05) is 12.6 Å². The molecule has 0 aliphatic carbocycles. The Morgan fingerprint density at radius 1 is 0.917 bits per heavy atom. The molecule has 0 rings (SSSR count). The van der Waals surface area contributed by atoms with Gasteiger partial charge in [0.2, 0.25) is 11.8 Å². The fraction of sp³-hybridized carbons (Fsp3) is 0.400. The lowest BCUT2D eigenvalue weighted by Crippen LogP contribution is -2.01. The number of carbonyl (C=O) groups is 3. The van der Waals surface area contributed by atoms with E-state index in [1.54, 1.807) is 0 Å². The summed E-state index contributed by atoms with van der Waals surface area (Å²) in [6.45, 7) is 2.61. The molecule has 0 aromatic rings. The van der Waals surface area contributed by atoms with E-state index in [4.69, 9.17) is 4.79 Å². The van der Waals surface area contributed by atoms with Gasteiger partial charge in [0.25, 0.3) is 5.24 Å². The van der Waals surface area contributed by atoms with Crippen LogP contribution in [-0.4, -0.2) is 17.1 Å². The third-order valence-electron chi connectivity index (χ3n) is 0. The molecule has 12 heavy (non-hydrogen) atoms. The average Bonchev–Trinajstić information content (AvgIpc) is 1.54. The van der Waals surface area contributed by atoms with Gasteiger partial charge in [0.15, 0.2) is 0 Å². The molecular weight excluding hydrogens is 182 g/mol. The molecule has 0 heterocycles. The standard InChI is InChI=1S/2C2H5NO.CH3NOS/c2*1-2(3)4;2-1(3)4/h2*1H3,(H2,3,4);(H3,2,3,4). The number of nitrogens with two attached hydrogens (primary N) is 3. The van der Waals surface area contributed by atoms with Gasteiger partial charge in [-0.2, -0.15) is 0 Å². The number of amides is 3. The van der Waals surface area contributed by atoms with Gasteiger partial charge in [0.05, 0.1) is 0 Å². The van der Waals surface area contributed by atoms with Crippen LogP contribution in [0.4, 0.5) is 4.79 Å². The summed E-state index contributed by atoms with van der Waals surface area (Å²) >= 11 is 3.10. The number of hydrogen-bond acceptors (Lipinski definition) is 3. The lowest BCUT2D eigenvalue weighted by Gasteiger charge is -1.60. The largest absolute Gasteiger partial charge is 0.370 e. The van der Waals surface area contributed by atoms with Gasteiger partial charge in [-0.3, -0.25) is 14.4 Å². The molecule has 0 spiro atoms. The van der Waals surface area contributed by atoms with Crippen LogP contribution in [0.15, 0.2) is 0 Å². The fourth-order valence-corrected chi connectivity index (χ4v) is 0. The van der Waals surface area contributed by atoms with Crippen molar-refractivity contribution in [2.45, 2.75) is 13.8 Å². The number of rotatable bonds is 0. The van der Waals surface area contributed by atoms with Crippen LogP contribution < -0.4 is 17.2 Å². The molecule has 0 aromatic heterocycles. The van der Waals surface area contributed by atoms with E-state index in [0.29, 0.717) is 0 Å². The minimum absolute atomic E-state index is 0.333. The topological polar surface area (TPSA) is 129 Å². The summed E-state index contributed by atoms with van der Waals surface area (Å²) < 4.78 is 0. The SMILES string of the molecule is CC(N)=O.CC(N)=O.NC(=O)S. The summed E-state index contributed by atoms with van der Waals surface area (Å²) in [6.07, 6.45) is 0. The zero-order valence-electron chi connectivity index (χ0n) is 6.90. The molecule has 0 atom stereocenters. The van der Waals surface area contributed by atoms with E-state index >= 15 is 0 Å². The molecule has 0 unspecified atom stereocenters. The molecule has 0 fully saturated rings. The second-order valence-corrected chi connectivity index (χ2v) is 2.00. The molecule has 0 radical (unpaired) electrons. The first-order chi connectivity index (χ1) is 5.20. The minimum atomic E-state index is -0.639. The molecule has 0 saturated carbocycles. The Morgan fingerprint density at radius 2 is 0.917 bits per heavy atom. The molecular formula is C5H13N3O3S. The number of carbonyl (C=O) groups excluding carboxylic acids is 3. The van der Waals surface area contributed by atoms with Crippen molar-refractivity contribution in [2.24, 2.45) is 17.2 Å². The predicted molar refractivity (Wildman–Crippen MR) is 48.3 cm³/mol. The van der Waals surface area contributed by atoms with Gasteiger partial charge in [-0.25, -0.2) is 0 Å². The maximum atomic E-state index is 9.22. The van der Waals surface area contributed by atoms with Gasteiger partial charge in [-0.05, 0) is 0 Å². The lowest BCUT2D eigenvalue weighted by molar-refractivity contribution is -0.116. The summed E-state index contributed by atoms with van der Waals surface area (Å²) in [6, 6.07) is 0. The van der Waals surface area contributed by atoms with E-state index < -0.39 is 5.24 Å². The van der Waals surface area contributed by atoms with E-state index in [9.17, 15) is 9.59 Å². The zero-order chi connectivity index (χ0) is 10.7. The van der Waals surface area contributed by atoms with E-state index in [1.807, 2.05) is 0 Å². The van der Waals surface area contributed by atoms with Crippen molar-refractivity contribution < 1.29 is 14.4 Å². The smallest absolute Gasteiger partial charge is 0.273 e. The summed E-state index contributed by atoms with van der Waals surface area (Å²) in [5, 5.41) is -0.639. The molecule has 0 aromatic carbocycles. The quantitative estimate of drug-likeness (QED) is 0.369. The van der Waals surface area contributed by atoms with Crippen LogP contribution in [-0.2, 0) is 9.59 Å². The van der Waals surface area contributed by atoms with Crippen LogP contribution in [0.2, 0.25) is 0 Å². The Bertz CT molecular complexity index is 119. The zero-order valence-corrected chi connectivity index (χ0v) is 7.80. The second-order valence-electron chi connectivity index (χ2n) is 1.56. The summed E-state index contributed by atoms with van der Waals surface area (Å²) in [5.41, 5.74) is 13.3. The van der Waals surface area contributed by atoms with Crippen molar-refractivity contribution in [1.82, 2.24) is 0 Å². The van der Waals surface area contributed by atoms with E-state index in [-0.39, 0.29) is 11.8 Å². The van der Waals surface area contributed by atoms with Crippen LogP contribution in [0.3, 0.4) is 0 Å². The lowest BCUT2D eigenvalue weighted by atomic mass is 10.8. The van der Waals surface area contributed by atoms with Gasteiger partial charge in [-0.15, -0.1) is 0 Å². The highest BCUT2D eigenvalue weighted by atomic mass is 32.1. The van der Waals surface area contributed by atoms with Gasteiger partial charge in [0.1, 0.15) is 0 Å². The summed E-state index contributed by atoms with van der Waals surface area (Å²) in [4.78, 5) is 27.5. The van der Waals surface area contributed by atoms with Crippen molar-refractivity contribution in [2.75, 3.05) is 0 Å². The third-order valence-corrected chi connectivity index (χ3v) is 0. The Morgan fingerprint density at radius 3 is 0.917 bits per heavy atom. The maximum Gasteiger partial charge on any atom is 0.273 e. The number of primary amides is 3. The molecule has 0 aliphatic heterocycles. The van der Waals surface area contributed by atoms with Crippen LogP contribution in [0, 0.1) is 0 Å². The monoisotopic (exact) mass is 195 g/mol. The third kappa shape index (κ3) is 343. The highest BCUT2D eigenvalue weighted by Gasteiger charge is 1.63. The van der Waals surface area contributed by atoms with Crippen molar-refractivity contribution in [3.05, 3.63) is 0 Å². The Kier molecular flexibility index (Phi) is 17.6. The van der Waals surface area contributed by atoms with Crippen molar-refractivity contribution >= 4 is 29.7 Å². The molecule has 0 aliphatic rings. The van der Waals surface area contributed by atoms with Gasteiger partial charge >= 0.3 is 0 Å². The van der Waals surface area contributed by atoms with Crippen molar-refractivity contribution in [3.8, 4) is 0 Å². The normalized spacial score (nSPS) is 6.25. The summed E-state index contributed by atoms with van der Waals surface area (Å²) in [7, 11) is 0. The molecule has 7 heteroatoms. The first-order valence-corrected chi connectivity index (χ1v) is 3.15. The fourth-order valence-electron chi connectivity index (χ4n) is 0. The highest BCUT2D eigenvalue weighted by Crippen LogP contribution is 1.60. The van der Waals surface area contributed by atoms with Crippen LogP contribution in [0.5, 0.6) is 0 Å². The van der Waals surface area contributed by atoms with Crippen LogP contribution in [0.1, 0.15) is 13.8 Å². The maximum absolute atomic E-state index is 9.22. The van der Waals surface area contributed by atoms with E-state index in [2.05, 4.69) is 29.8 Å². The first-order valence-electron chi connectivity index (χ1n) is 2.70. The Balaban J connectivity index is -0.000000101. The minimum Gasteiger partial charge on any atom is -0.370 e. The average molecular weight is 195 g/mol. The molecule has 3 amide bonds. The van der Waals surface area contributed by atoms with Gasteiger partial charge in [0, 0.05) is 13.8 Å².